The van der Waals surface area contributed by atoms with E-state index in [1.807, 2.05) is 43.3 Å². The van der Waals surface area contributed by atoms with E-state index in [2.05, 4.69) is 16.4 Å². The average molecular weight is 423 g/mol. The molecule has 0 spiro atoms. The molecule has 30 heavy (non-hydrogen) atoms. The summed E-state index contributed by atoms with van der Waals surface area (Å²) in [5.41, 5.74) is 2.83. The molecule has 0 unspecified atom stereocenters. The zero-order valence-corrected chi connectivity index (χ0v) is 18.0. The Hall–Kier alpha value is -3.44. The van der Waals surface area contributed by atoms with Crippen molar-refractivity contribution >= 4 is 39.9 Å². The highest BCUT2D eigenvalue weighted by atomic mass is 32.2. The minimum atomic E-state index is -0.171. The molecule has 0 aliphatic carbocycles. The molecule has 1 amide bonds. The number of carbonyl (C=O) groups is 1. The maximum absolute atomic E-state index is 12.4. The van der Waals surface area contributed by atoms with Crippen molar-refractivity contribution in [1.82, 2.24) is 4.98 Å². The zero-order valence-electron chi connectivity index (χ0n) is 17.2. The van der Waals surface area contributed by atoms with E-state index in [4.69, 9.17) is 9.47 Å². The number of rotatable bonds is 7. The fourth-order valence-electron chi connectivity index (χ4n) is 2.85. The van der Waals surface area contributed by atoms with Gasteiger partial charge in [-0.3, -0.25) is 4.79 Å². The Balaban J connectivity index is 1.75. The molecule has 7 nitrogen and oxygen atoms in total. The number of amides is 1. The van der Waals surface area contributed by atoms with Crippen molar-refractivity contribution in [1.29, 1.82) is 5.26 Å². The molecule has 0 fully saturated rings. The van der Waals surface area contributed by atoms with Gasteiger partial charge in [0, 0.05) is 36.9 Å². The van der Waals surface area contributed by atoms with Gasteiger partial charge in [0.15, 0.2) is 11.5 Å². The number of pyridine rings is 1. The van der Waals surface area contributed by atoms with Crippen LogP contribution in [0.5, 0.6) is 11.5 Å². The first kappa shape index (κ1) is 21.3. The first-order valence-electron chi connectivity index (χ1n) is 9.12. The van der Waals surface area contributed by atoms with Gasteiger partial charge in [-0.25, -0.2) is 4.98 Å². The molecule has 8 heteroatoms. The number of fused-ring (bicyclic) bond motifs is 1. The minimum Gasteiger partial charge on any atom is -0.493 e. The van der Waals surface area contributed by atoms with Crippen molar-refractivity contribution < 1.29 is 14.3 Å². The maximum atomic E-state index is 12.4. The smallest absolute Gasteiger partial charge is 0.234 e. The standard InChI is InChI=1S/C22H22N4O3S/c1-26(2)17-7-5-16(6-8-17)24-21(27)13-30-22-15(12-23)9-14-10-19(28-3)20(29-4)11-18(14)25-22/h5-11H,13H2,1-4H3,(H,24,27). The highest BCUT2D eigenvalue weighted by molar-refractivity contribution is 8.00. The van der Waals surface area contributed by atoms with Gasteiger partial charge in [0.2, 0.25) is 5.91 Å². The van der Waals surface area contributed by atoms with E-state index in [9.17, 15) is 10.1 Å². The Morgan fingerprint density at radius 3 is 2.40 bits per heavy atom. The molecule has 0 saturated heterocycles. The van der Waals surface area contributed by atoms with E-state index >= 15 is 0 Å². The minimum absolute atomic E-state index is 0.135. The lowest BCUT2D eigenvalue weighted by Gasteiger charge is -2.13. The summed E-state index contributed by atoms with van der Waals surface area (Å²) in [6.45, 7) is 0. The van der Waals surface area contributed by atoms with Gasteiger partial charge in [0.05, 0.1) is 31.1 Å². The van der Waals surface area contributed by atoms with Crippen LogP contribution in [0.1, 0.15) is 5.56 Å². The molecule has 0 radical (unpaired) electrons. The fraction of sp³-hybridized carbons (Fsp3) is 0.227. The summed E-state index contributed by atoms with van der Waals surface area (Å²) in [7, 11) is 7.02. The molecule has 1 heterocycles. The van der Waals surface area contributed by atoms with Crippen molar-refractivity contribution in [2.24, 2.45) is 0 Å². The second kappa shape index (κ2) is 9.37. The van der Waals surface area contributed by atoms with Gasteiger partial charge in [-0.1, -0.05) is 11.8 Å². The van der Waals surface area contributed by atoms with Crippen molar-refractivity contribution in [2.75, 3.05) is 44.3 Å². The highest BCUT2D eigenvalue weighted by Gasteiger charge is 2.13. The monoisotopic (exact) mass is 422 g/mol. The van der Waals surface area contributed by atoms with Gasteiger partial charge in [-0.15, -0.1) is 0 Å². The van der Waals surface area contributed by atoms with Gasteiger partial charge in [-0.05, 0) is 36.4 Å². The van der Waals surface area contributed by atoms with E-state index in [1.165, 1.54) is 11.8 Å². The van der Waals surface area contributed by atoms with Crippen LogP contribution in [-0.4, -0.2) is 45.0 Å². The lowest BCUT2D eigenvalue weighted by molar-refractivity contribution is -0.113. The molecule has 3 aromatic rings. The summed E-state index contributed by atoms with van der Waals surface area (Å²) < 4.78 is 10.6. The van der Waals surface area contributed by atoms with Gasteiger partial charge in [0.1, 0.15) is 11.1 Å². The molecule has 0 aliphatic rings. The normalized spacial score (nSPS) is 10.4. The largest absolute Gasteiger partial charge is 0.493 e. The second-order valence-corrected chi connectivity index (χ2v) is 7.59. The molecular formula is C22H22N4O3S. The Bertz CT molecular complexity index is 1110. The van der Waals surface area contributed by atoms with Crippen molar-refractivity contribution in [3.05, 3.63) is 48.0 Å². The van der Waals surface area contributed by atoms with E-state index in [0.717, 1.165) is 16.8 Å². The summed E-state index contributed by atoms with van der Waals surface area (Å²) in [5, 5.41) is 13.6. The number of hydrogen-bond donors (Lipinski definition) is 1. The number of carbonyl (C=O) groups excluding carboxylic acids is 1. The number of aromatic nitrogens is 1. The Labute approximate surface area is 179 Å². The zero-order chi connectivity index (χ0) is 21.7. The number of anilines is 2. The van der Waals surface area contributed by atoms with E-state index in [-0.39, 0.29) is 11.7 Å². The predicted octanol–water partition coefficient (Wildman–Crippen LogP) is 3.92. The lowest BCUT2D eigenvalue weighted by Crippen LogP contribution is -2.14. The summed E-state index contributed by atoms with van der Waals surface area (Å²) in [5.74, 6) is 1.08. The Morgan fingerprint density at radius 1 is 1.13 bits per heavy atom. The van der Waals surface area contributed by atoms with Crippen LogP contribution >= 0.6 is 11.8 Å². The number of nitrogens with one attached hydrogen (secondary N) is 1. The van der Waals surface area contributed by atoms with Crippen LogP contribution in [-0.2, 0) is 4.79 Å². The topological polar surface area (TPSA) is 87.5 Å². The molecule has 1 N–H and O–H groups in total. The van der Waals surface area contributed by atoms with Crippen LogP contribution in [0.3, 0.4) is 0 Å². The number of ether oxygens (including phenoxy) is 2. The van der Waals surface area contributed by atoms with Crippen molar-refractivity contribution in [3.8, 4) is 17.6 Å². The van der Waals surface area contributed by atoms with E-state index in [0.29, 0.717) is 27.6 Å². The van der Waals surface area contributed by atoms with Gasteiger partial charge < -0.3 is 19.7 Å². The summed E-state index contributed by atoms with van der Waals surface area (Å²) in [6.07, 6.45) is 0. The quantitative estimate of drug-likeness (QED) is 0.577. The molecule has 1 aromatic heterocycles. The maximum Gasteiger partial charge on any atom is 0.234 e. The third-order valence-corrected chi connectivity index (χ3v) is 5.40. The van der Waals surface area contributed by atoms with Gasteiger partial charge >= 0.3 is 0 Å². The Morgan fingerprint density at radius 2 is 1.80 bits per heavy atom. The highest BCUT2D eigenvalue weighted by Crippen LogP contribution is 2.33. The molecule has 0 atom stereocenters. The number of thioether (sulfide) groups is 1. The SMILES string of the molecule is COc1cc2cc(C#N)c(SCC(=O)Nc3ccc(N(C)C)cc3)nc2cc1OC. The number of nitrogens with zero attached hydrogens (tertiary/aromatic N) is 3. The molecular weight excluding hydrogens is 400 g/mol. The van der Waals surface area contributed by atoms with Crippen LogP contribution in [0.2, 0.25) is 0 Å². The molecule has 2 aromatic carbocycles. The average Bonchev–Trinajstić information content (AvgIpc) is 2.76. The van der Waals surface area contributed by atoms with E-state index < -0.39 is 0 Å². The third-order valence-electron chi connectivity index (χ3n) is 4.41. The van der Waals surface area contributed by atoms with E-state index in [1.54, 1.807) is 32.4 Å². The van der Waals surface area contributed by atoms with Crippen molar-refractivity contribution in [3.63, 3.8) is 0 Å². The lowest BCUT2D eigenvalue weighted by atomic mass is 10.1. The predicted molar refractivity (Wildman–Crippen MR) is 120 cm³/mol. The fourth-order valence-corrected chi connectivity index (χ4v) is 3.61. The van der Waals surface area contributed by atoms with Crippen LogP contribution in [0, 0.1) is 11.3 Å². The molecule has 154 valence electrons. The first-order chi connectivity index (χ1) is 14.4. The number of benzene rings is 2. The summed E-state index contributed by atoms with van der Waals surface area (Å²) in [4.78, 5) is 18.9. The van der Waals surface area contributed by atoms with Crippen LogP contribution in [0.25, 0.3) is 10.9 Å². The van der Waals surface area contributed by atoms with Gasteiger partial charge in [0.25, 0.3) is 0 Å². The molecule has 0 saturated carbocycles. The molecule has 0 bridgehead atoms. The molecule has 3 rings (SSSR count). The van der Waals surface area contributed by atoms with Gasteiger partial charge in [-0.2, -0.15) is 5.26 Å². The summed E-state index contributed by atoms with van der Waals surface area (Å²) in [6, 6.07) is 15.0. The Kier molecular flexibility index (Phi) is 6.65. The number of hydrogen-bond acceptors (Lipinski definition) is 7. The van der Waals surface area contributed by atoms with Crippen LogP contribution in [0.15, 0.2) is 47.5 Å². The summed E-state index contributed by atoms with van der Waals surface area (Å²) >= 11 is 1.22. The van der Waals surface area contributed by atoms with Crippen LogP contribution in [0.4, 0.5) is 11.4 Å². The third kappa shape index (κ3) is 4.75. The second-order valence-electron chi connectivity index (χ2n) is 6.63. The van der Waals surface area contributed by atoms with Crippen LogP contribution < -0.4 is 19.7 Å². The van der Waals surface area contributed by atoms with Crippen molar-refractivity contribution in [2.45, 2.75) is 5.03 Å². The molecule has 0 aliphatic heterocycles. The number of methoxy groups -OCH3 is 2. The number of nitriles is 1. The first-order valence-corrected chi connectivity index (χ1v) is 10.1.